The molecule has 0 saturated carbocycles. The van der Waals surface area contributed by atoms with E-state index in [1.165, 1.54) is 0 Å². The summed E-state index contributed by atoms with van der Waals surface area (Å²) in [5.41, 5.74) is 2.16. The van der Waals surface area contributed by atoms with Crippen LogP contribution in [0.5, 0.6) is 5.75 Å². The number of carbonyl (C=O) groups excluding carboxylic acids is 1. The number of hydrogen-bond donors (Lipinski definition) is 1. The van der Waals surface area contributed by atoms with Crippen LogP contribution in [0.15, 0.2) is 12.1 Å². The average molecular weight is 224 g/mol. The Balaban J connectivity index is 2.93. The molecule has 0 amide bonds. The molecule has 0 atom stereocenters. The summed E-state index contributed by atoms with van der Waals surface area (Å²) >= 11 is 6.05. The van der Waals surface area contributed by atoms with E-state index in [1.807, 2.05) is 6.92 Å². The predicted molar refractivity (Wildman–Crippen MR) is 60.0 cm³/mol. The molecule has 0 bridgehead atoms. The minimum Gasteiger partial charge on any atom is -0.495 e. The third kappa shape index (κ3) is 1.39. The Morgan fingerprint density at radius 3 is 2.80 bits per heavy atom. The highest BCUT2D eigenvalue weighted by Gasteiger charge is 2.14. The number of aryl methyl sites for hydroxylation is 1. The van der Waals surface area contributed by atoms with Crippen LogP contribution in [0.2, 0.25) is 5.02 Å². The first-order valence-corrected chi connectivity index (χ1v) is 4.86. The molecule has 1 heterocycles. The van der Waals surface area contributed by atoms with E-state index in [2.05, 4.69) is 4.98 Å². The fourth-order valence-electron chi connectivity index (χ4n) is 1.71. The number of ether oxygens (including phenoxy) is 1. The molecule has 0 aliphatic carbocycles. The Kier molecular flexibility index (Phi) is 2.40. The normalized spacial score (nSPS) is 10.6. The number of halogens is 1. The first kappa shape index (κ1) is 10.1. The number of methoxy groups -OCH3 is 1. The van der Waals surface area contributed by atoms with E-state index in [0.717, 1.165) is 22.9 Å². The predicted octanol–water partition coefficient (Wildman–Crippen LogP) is 2.95. The van der Waals surface area contributed by atoms with Gasteiger partial charge in [-0.3, -0.25) is 4.79 Å². The van der Waals surface area contributed by atoms with Crippen molar-refractivity contribution in [3.8, 4) is 5.75 Å². The molecule has 0 radical (unpaired) electrons. The summed E-state index contributed by atoms with van der Waals surface area (Å²) in [6.07, 6.45) is 0.805. The van der Waals surface area contributed by atoms with Gasteiger partial charge in [-0.15, -0.1) is 0 Å². The number of aromatic nitrogens is 1. The minimum absolute atomic E-state index is 0.553. The lowest BCUT2D eigenvalue weighted by Crippen LogP contribution is -1.85. The SMILES string of the molecule is COc1ccc(Cl)c2c(C=O)c(C)[nH]c12. The Labute approximate surface area is 92.0 Å². The second kappa shape index (κ2) is 3.59. The van der Waals surface area contributed by atoms with Crippen molar-refractivity contribution in [3.05, 3.63) is 28.4 Å². The number of aldehydes is 1. The van der Waals surface area contributed by atoms with Gasteiger partial charge in [-0.1, -0.05) is 11.6 Å². The molecule has 2 aromatic rings. The summed E-state index contributed by atoms with van der Waals surface area (Å²) in [6.45, 7) is 1.83. The summed E-state index contributed by atoms with van der Waals surface area (Å²) in [4.78, 5) is 14.0. The third-order valence-electron chi connectivity index (χ3n) is 2.44. The number of fused-ring (bicyclic) bond motifs is 1. The number of aromatic amines is 1. The molecule has 0 spiro atoms. The highest BCUT2D eigenvalue weighted by molar-refractivity contribution is 6.36. The van der Waals surface area contributed by atoms with Crippen molar-refractivity contribution in [2.24, 2.45) is 0 Å². The van der Waals surface area contributed by atoms with Crippen molar-refractivity contribution < 1.29 is 9.53 Å². The van der Waals surface area contributed by atoms with Crippen LogP contribution in [-0.2, 0) is 0 Å². The largest absolute Gasteiger partial charge is 0.495 e. The second-order valence-corrected chi connectivity index (χ2v) is 3.69. The van der Waals surface area contributed by atoms with E-state index in [-0.39, 0.29) is 0 Å². The summed E-state index contributed by atoms with van der Waals surface area (Å²) in [6, 6.07) is 3.50. The standard InChI is InChI=1S/C11H10ClNO2/c1-6-7(5-14)10-8(12)3-4-9(15-2)11(10)13-6/h3-5,13H,1-2H3. The summed E-state index contributed by atoms with van der Waals surface area (Å²) in [7, 11) is 1.58. The maximum atomic E-state index is 10.9. The number of nitrogens with one attached hydrogen (secondary N) is 1. The molecule has 78 valence electrons. The molecule has 0 aliphatic heterocycles. The third-order valence-corrected chi connectivity index (χ3v) is 2.75. The molecular weight excluding hydrogens is 214 g/mol. The van der Waals surface area contributed by atoms with Gasteiger partial charge < -0.3 is 9.72 Å². The van der Waals surface area contributed by atoms with Crippen LogP contribution in [0, 0.1) is 6.92 Å². The molecule has 4 heteroatoms. The van der Waals surface area contributed by atoms with Gasteiger partial charge in [0.25, 0.3) is 0 Å². The lowest BCUT2D eigenvalue weighted by atomic mass is 10.1. The highest BCUT2D eigenvalue weighted by Crippen LogP contribution is 2.34. The van der Waals surface area contributed by atoms with E-state index in [4.69, 9.17) is 16.3 Å². The van der Waals surface area contributed by atoms with Crippen molar-refractivity contribution in [3.63, 3.8) is 0 Å². The number of rotatable bonds is 2. The van der Waals surface area contributed by atoms with Crippen LogP contribution in [0.25, 0.3) is 10.9 Å². The van der Waals surface area contributed by atoms with Gasteiger partial charge in [-0.25, -0.2) is 0 Å². The van der Waals surface area contributed by atoms with Crippen LogP contribution in [-0.4, -0.2) is 18.4 Å². The van der Waals surface area contributed by atoms with Gasteiger partial charge in [0.2, 0.25) is 0 Å². The van der Waals surface area contributed by atoms with Crippen LogP contribution in [0.4, 0.5) is 0 Å². The quantitative estimate of drug-likeness (QED) is 0.796. The lowest BCUT2D eigenvalue weighted by Gasteiger charge is -2.02. The average Bonchev–Trinajstić information content (AvgIpc) is 2.56. The van der Waals surface area contributed by atoms with Gasteiger partial charge in [-0.2, -0.15) is 0 Å². The Bertz CT molecular complexity index is 531. The fourth-order valence-corrected chi connectivity index (χ4v) is 1.96. The van der Waals surface area contributed by atoms with Crippen LogP contribution in [0.1, 0.15) is 16.1 Å². The number of H-pyrrole nitrogens is 1. The maximum absolute atomic E-state index is 10.9. The lowest BCUT2D eigenvalue weighted by molar-refractivity contribution is 0.112. The first-order chi connectivity index (χ1) is 7.19. The molecule has 3 nitrogen and oxygen atoms in total. The van der Waals surface area contributed by atoms with Gasteiger partial charge in [0.1, 0.15) is 5.75 Å². The second-order valence-electron chi connectivity index (χ2n) is 3.28. The van der Waals surface area contributed by atoms with Crippen molar-refractivity contribution in [2.45, 2.75) is 6.92 Å². The zero-order valence-electron chi connectivity index (χ0n) is 8.43. The van der Waals surface area contributed by atoms with Crippen LogP contribution >= 0.6 is 11.6 Å². The summed E-state index contributed by atoms with van der Waals surface area (Å²) < 4.78 is 5.19. The Morgan fingerprint density at radius 1 is 1.47 bits per heavy atom. The summed E-state index contributed by atoms with van der Waals surface area (Å²) in [5.74, 6) is 0.686. The number of hydrogen-bond acceptors (Lipinski definition) is 2. The minimum atomic E-state index is 0.553. The van der Waals surface area contributed by atoms with Crippen molar-refractivity contribution in [1.82, 2.24) is 4.98 Å². The van der Waals surface area contributed by atoms with Crippen molar-refractivity contribution in [2.75, 3.05) is 7.11 Å². The molecule has 1 aromatic heterocycles. The van der Waals surface area contributed by atoms with E-state index < -0.39 is 0 Å². The molecule has 15 heavy (non-hydrogen) atoms. The van der Waals surface area contributed by atoms with E-state index in [1.54, 1.807) is 19.2 Å². The van der Waals surface area contributed by atoms with E-state index >= 15 is 0 Å². The molecular formula is C11H10ClNO2. The van der Waals surface area contributed by atoms with Gasteiger partial charge in [0, 0.05) is 16.6 Å². The van der Waals surface area contributed by atoms with Gasteiger partial charge in [-0.05, 0) is 19.1 Å². The molecule has 0 aliphatic rings. The molecule has 0 unspecified atom stereocenters. The van der Waals surface area contributed by atoms with Gasteiger partial charge in [0.05, 0.1) is 17.6 Å². The zero-order valence-corrected chi connectivity index (χ0v) is 9.18. The van der Waals surface area contributed by atoms with Crippen molar-refractivity contribution in [1.29, 1.82) is 0 Å². The number of carbonyl (C=O) groups is 1. The molecule has 1 aromatic carbocycles. The highest BCUT2D eigenvalue weighted by atomic mass is 35.5. The van der Waals surface area contributed by atoms with Crippen LogP contribution in [0.3, 0.4) is 0 Å². The molecule has 0 saturated heterocycles. The zero-order chi connectivity index (χ0) is 11.0. The van der Waals surface area contributed by atoms with Gasteiger partial charge in [0.15, 0.2) is 6.29 Å². The van der Waals surface area contributed by atoms with Crippen molar-refractivity contribution >= 4 is 28.8 Å². The Hall–Kier alpha value is -1.48. The summed E-state index contributed by atoms with van der Waals surface area (Å²) in [5, 5.41) is 1.28. The van der Waals surface area contributed by atoms with E-state index in [0.29, 0.717) is 16.3 Å². The topological polar surface area (TPSA) is 42.1 Å². The van der Waals surface area contributed by atoms with Crippen LogP contribution < -0.4 is 4.74 Å². The maximum Gasteiger partial charge on any atom is 0.152 e. The smallest absolute Gasteiger partial charge is 0.152 e. The first-order valence-electron chi connectivity index (χ1n) is 4.49. The fraction of sp³-hybridized carbons (Fsp3) is 0.182. The molecule has 1 N–H and O–H groups in total. The van der Waals surface area contributed by atoms with Gasteiger partial charge >= 0.3 is 0 Å². The number of benzene rings is 1. The molecule has 0 fully saturated rings. The van der Waals surface area contributed by atoms with E-state index in [9.17, 15) is 4.79 Å². The molecule has 2 rings (SSSR count). The monoisotopic (exact) mass is 223 g/mol. The Morgan fingerprint density at radius 2 is 2.20 bits per heavy atom.